The molecule has 1 nitrogen and oxygen atoms in total. The zero-order valence-electron chi connectivity index (χ0n) is 10.0. The smallest absolute Gasteiger partial charge is 0.0196 e. The molecule has 0 spiro atoms. The molecule has 1 fully saturated rings. The van der Waals surface area contributed by atoms with Gasteiger partial charge in [-0.15, -0.1) is 0 Å². The summed E-state index contributed by atoms with van der Waals surface area (Å²) in [6.07, 6.45) is 3.42. The normalized spacial score (nSPS) is 18.9. The molecule has 0 radical (unpaired) electrons. The van der Waals surface area contributed by atoms with Crippen molar-refractivity contribution in [1.29, 1.82) is 0 Å². The van der Waals surface area contributed by atoms with Gasteiger partial charge in [0.05, 0.1) is 0 Å². The average molecular weight is 203 g/mol. The Balaban J connectivity index is 2.10. The lowest BCUT2D eigenvalue weighted by Crippen LogP contribution is -2.24. The third-order valence-electron chi connectivity index (χ3n) is 3.27. The molecule has 0 bridgehead atoms. The Morgan fingerprint density at radius 2 is 1.67 bits per heavy atom. The van der Waals surface area contributed by atoms with Crippen LogP contribution in [-0.4, -0.2) is 5.54 Å². The minimum Gasteiger partial charge on any atom is -0.325 e. The third kappa shape index (κ3) is 2.60. The van der Waals surface area contributed by atoms with E-state index in [2.05, 4.69) is 45.0 Å². The lowest BCUT2D eigenvalue weighted by atomic mass is 9.86. The second kappa shape index (κ2) is 3.34. The number of nitrogens with two attached hydrogens (primary N) is 1. The maximum absolute atomic E-state index is 6.10. The predicted molar refractivity (Wildman–Crippen MR) is 65.0 cm³/mol. The van der Waals surface area contributed by atoms with Crippen LogP contribution in [0.2, 0.25) is 0 Å². The van der Waals surface area contributed by atoms with Crippen molar-refractivity contribution in [2.24, 2.45) is 5.73 Å². The summed E-state index contributed by atoms with van der Waals surface area (Å²) in [7, 11) is 0. The third-order valence-corrected chi connectivity index (χ3v) is 3.27. The number of hydrogen-bond acceptors (Lipinski definition) is 1. The molecule has 1 heteroatoms. The van der Waals surface area contributed by atoms with Crippen molar-refractivity contribution in [2.75, 3.05) is 0 Å². The van der Waals surface area contributed by atoms with Crippen LogP contribution in [0.15, 0.2) is 24.3 Å². The Labute approximate surface area is 92.7 Å². The van der Waals surface area contributed by atoms with Gasteiger partial charge in [-0.2, -0.15) is 0 Å². The Morgan fingerprint density at radius 3 is 2.07 bits per heavy atom. The second-order valence-corrected chi connectivity index (χ2v) is 5.99. The van der Waals surface area contributed by atoms with Gasteiger partial charge in [-0.1, -0.05) is 45.0 Å². The first-order chi connectivity index (χ1) is 6.89. The second-order valence-electron chi connectivity index (χ2n) is 5.99. The summed E-state index contributed by atoms with van der Waals surface area (Å²) in [4.78, 5) is 0. The van der Waals surface area contributed by atoms with Gasteiger partial charge in [0.25, 0.3) is 0 Å². The zero-order chi connectivity index (χ0) is 11.1. The first-order valence-corrected chi connectivity index (χ1v) is 5.77. The van der Waals surface area contributed by atoms with E-state index >= 15 is 0 Å². The fourth-order valence-electron chi connectivity index (χ4n) is 1.87. The van der Waals surface area contributed by atoms with E-state index in [1.165, 1.54) is 24.0 Å². The average Bonchev–Trinajstić information content (AvgIpc) is 2.82. The molecular formula is C14H21N. The van der Waals surface area contributed by atoms with E-state index in [1.807, 2.05) is 0 Å². The van der Waals surface area contributed by atoms with E-state index < -0.39 is 0 Å². The van der Waals surface area contributed by atoms with Crippen molar-refractivity contribution >= 4 is 0 Å². The van der Waals surface area contributed by atoms with Crippen LogP contribution in [0.25, 0.3) is 0 Å². The van der Waals surface area contributed by atoms with Gasteiger partial charge in [0.15, 0.2) is 0 Å². The van der Waals surface area contributed by atoms with E-state index in [0.717, 1.165) is 6.42 Å². The van der Waals surface area contributed by atoms with Crippen LogP contribution in [0.5, 0.6) is 0 Å². The highest BCUT2D eigenvalue weighted by molar-refractivity contribution is 5.29. The van der Waals surface area contributed by atoms with E-state index in [0.29, 0.717) is 0 Å². The molecule has 2 N–H and O–H groups in total. The van der Waals surface area contributed by atoms with Gasteiger partial charge < -0.3 is 5.73 Å². The van der Waals surface area contributed by atoms with Crippen LogP contribution in [-0.2, 0) is 11.8 Å². The van der Waals surface area contributed by atoms with E-state index in [4.69, 9.17) is 5.73 Å². The monoisotopic (exact) mass is 203 g/mol. The molecule has 0 aliphatic heterocycles. The number of benzene rings is 1. The van der Waals surface area contributed by atoms with Crippen molar-refractivity contribution in [1.82, 2.24) is 0 Å². The first-order valence-electron chi connectivity index (χ1n) is 5.77. The van der Waals surface area contributed by atoms with E-state index in [1.54, 1.807) is 0 Å². The summed E-state index contributed by atoms with van der Waals surface area (Å²) >= 11 is 0. The van der Waals surface area contributed by atoms with Crippen LogP contribution in [0.3, 0.4) is 0 Å². The minimum atomic E-state index is 0.128. The van der Waals surface area contributed by atoms with E-state index in [9.17, 15) is 0 Å². The quantitative estimate of drug-likeness (QED) is 0.785. The van der Waals surface area contributed by atoms with Crippen molar-refractivity contribution in [3.8, 4) is 0 Å². The maximum atomic E-state index is 6.10. The van der Waals surface area contributed by atoms with E-state index in [-0.39, 0.29) is 11.0 Å². The molecule has 0 saturated heterocycles. The van der Waals surface area contributed by atoms with Crippen molar-refractivity contribution < 1.29 is 0 Å². The van der Waals surface area contributed by atoms with Gasteiger partial charge in [-0.3, -0.25) is 0 Å². The van der Waals surface area contributed by atoms with Crippen LogP contribution >= 0.6 is 0 Å². The molecule has 82 valence electrons. The Hall–Kier alpha value is -0.820. The fraction of sp³-hybridized carbons (Fsp3) is 0.571. The lowest BCUT2D eigenvalue weighted by Gasteiger charge is -2.19. The number of hydrogen-bond donors (Lipinski definition) is 1. The summed E-state index contributed by atoms with van der Waals surface area (Å²) in [5, 5.41) is 0. The summed E-state index contributed by atoms with van der Waals surface area (Å²) < 4.78 is 0. The van der Waals surface area contributed by atoms with Gasteiger partial charge in [-0.05, 0) is 35.8 Å². The highest BCUT2D eigenvalue weighted by Crippen LogP contribution is 2.35. The Morgan fingerprint density at radius 1 is 1.13 bits per heavy atom. The first kappa shape index (κ1) is 10.7. The predicted octanol–water partition coefficient (Wildman–Crippen LogP) is 3.02. The maximum Gasteiger partial charge on any atom is 0.0196 e. The molecule has 0 amide bonds. The van der Waals surface area contributed by atoms with Gasteiger partial charge in [-0.25, -0.2) is 0 Å². The largest absolute Gasteiger partial charge is 0.325 e. The molecule has 0 atom stereocenters. The Kier molecular flexibility index (Phi) is 2.38. The molecule has 0 unspecified atom stereocenters. The topological polar surface area (TPSA) is 26.0 Å². The minimum absolute atomic E-state index is 0.128. The molecule has 1 aliphatic carbocycles. The van der Waals surface area contributed by atoms with Crippen LogP contribution in [0, 0.1) is 0 Å². The molecule has 2 rings (SSSR count). The highest BCUT2D eigenvalue weighted by Gasteiger charge is 2.37. The molecule has 1 aromatic rings. The van der Waals surface area contributed by atoms with Gasteiger partial charge in [0.1, 0.15) is 0 Å². The fourth-order valence-corrected chi connectivity index (χ4v) is 1.87. The molecule has 0 aromatic heterocycles. The lowest BCUT2D eigenvalue weighted by molar-refractivity contribution is 0.589. The van der Waals surface area contributed by atoms with Gasteiger partial charge >= 0.3 is 0 Å². The SMILES string of the molecule is CC(C)(C)c1ccc(CC2(N)CC2)cc1. The van der Waals surface area contributed by atoms with Crippen LogP contribution in [0.4, 0.5) is 0 Å². The van der Waals surface area contributed by atoms with Gasteiger partial charge in [0, 0.05) is 5.54 Å². The van der Waals surface area contributed by atoms with Crippen molar-refractivity contribution in [2.45, 2.75) is 51.0 Å². The van der Waals surface area contributed by atoms with Gasteiger partial charge in [0.2, 0.25) is 0 Å². The Bertz CT molecular complexity index is 339. The van der Waals surface area contributed by atoms with Crippen LogP contribution in [0.1, 0.15) is 44.7 Å². The van der Waals surface area contributed by atoms with Crippen LogP contribution < -0.4 is 5.73 Å². The standard InChI is InChI=1S/C14H21N/c1-13(2,3)12-6-4-11(5-7-12)10-14(15)8-9-14/h4-7H,8-10,15H2,1-3H3. The molecule has 0 heterocycles. The molecule has 1 aliphatic rings. The number of rotatable bonds is 2. The molecular weight excluding hydrogens is 182 g/mol. The van der Waals surface area contributed by atoms with Crippen molar-refractivity contribution in [3.05, 3.63) is 35.4 Å². The molecule has 1 saturated carbocycles. The molecule has 1 aromatic carbocycles. The summed E-state index contributed by atoms with van der Waals surface area (Å²) in [5.74, 6) is 0. The highest BCUT2D eigenvalue weighted by atomic mass is 14.8. The van der Waals surface area contributed by atoms with Crippen molar-refractivity contribution in [3.63, 3.8) is 0 Å². The summed E-state index contributed by atoms with van der Waals surface area (Å²) in [6, 6.07) is 8.93. The summed E-state index contributed by atoms with van der Waals surface area (Å²) in [6.45, 7) is 6.73. The summed E-state index contributed by atoms with van der Waals surface area (Å²) in [5.41, 5.74) is 9.25. The zero-order valence-corrected chi connectivity index (χ0v) is 10.0. The molecule has 15 heavy (non-hydrogen) atoms.